The van der Waals surface area contributed by atoms with E-state index in [9.17, 15) is 35.9 Å². The van der Waals surface area contributed by atoms with Crippen LogP contribution in [0.2, 0.25) is 0 Å². The van der Waals surface area contributed by atoms with Crippen molar-refractivity contribution in [2.24, 2.45) is 16.1 Å². The highest BCUT2D eigenvalue weighted by atomic mass is 19.4. The molecule has 15 heteroatoms. The van der Waals surface area contributed by atoms with Gasteiger partial charge in [-0.2, -0.15) is 31.9 Å². The lowest BCUT2D eigenvalue weighted by Crippen LogP contribution is -2.36. The number of nitrogens with one attached hydrogen (secondary N) is 3. The summed E-state index contributed by atoms with van der Waals surface area (Å²) in [5, 5.41) is 10.3. The zero-order chi connectivity index (χ0) is 32.8. The Bertz CT molecular complexity index is 1520. The minimum Gasteiger partial charge on any atom is -0.368 e. The van der Waals surface area contributed by atoms with E-state index < -0.39 is 47.1 Å². The second-order valence-electron chi connectivity index (χ2n) is 10.5. The fourth-order valence-corrected chi connectivity index (χ4v) is 5.07. The summed E-state index contributed by atoms with van der Waals surface area (Å²) in [6.45, 7) is -0.150. The maximum atomic E-state index is 13.5. The molecule has 0 aliphatic heterocycles. The van der Waals surface area contributed by atoms with Crippen molar-refractivity contribution in [1.82, 2.24) is 5.32 Å². The van der Waals surface area contributed by atoms with Crippen LogP contribution in [0.1, 0.15) is 70.6 Å². The van der Waals surface area contributed by atoms with Crippen molar-refractivity contribution in [3.63, 3.8) is 0 Å². The fraction of sp³-hybridized carbons (Fsp3) is 0.300. The molecule has 1 aliphatic rings. The number of alkyl halides is 6. The van der Waals surface area contributed by atoms with Gasteiger partial charge in [0.15, 0.2) is 0 Å². The van der Waals surface area contributed by atoms with Crippen LogP contribution in [-0.4, -0.2) is 17.9 Å². The highest BCUT2D eigenvalue weighted by Crippen LogP contribution is 2.38. The summed E-state index contributed by atoms with van der Waals surface area (Å²) in [6.07, 6.45) is -4.76. The second-order valence-corrected chi connectivity index (χ2v) is 10.5. The summed E-state index contributed by atoms with van der Waals surface area (Å²) >= 11 is 0. The minimum absolute atomic E-state index is 0.0176. The standard InChI is InChI=1S/C30H29F6N7O2/c31-29(32,33)22-14-23(30(34,35)36)16-24(15-22)39-28(45)43(25-12-10-20(11-13-25)19-4-2-1-3-5-19)17-18-6-8-21(9-7-18)26(44)40-27(37)41-42-38/h6-16,19H,1-5,17H2,(H,39,45)(H4,37,38,40,41,44). The Morgan fingerprint density at radius 3 is 1.98 bits per heavy atom. The molecule has 3 amide bonds. The summed E-state index contributed by atoms with van der Waals surface area (Å²) < 4.78 is 80.6. The molecule has 0 unspecified atom stereocenters. The molecular weight excluding hydrogens is 604 g/mol. The summed E-state index contributed by atoms with van der Waals surface area (Å²) in [5.41, 5.74) is 10.3. The highest BCUT2D eigenvalue weighted by molar-refractivity contribution is 6.05. The van der Waals surface area contributed by atoms with Crippen LogP contribution in [0.3, 0.4) is 0 Å². The molecule has 0 atom stereocenters. The predicted molar refractivity (Wildman–Crippen MR) is 155 cm³/mol. The monoisotopic (exact) mass is 633 g/mol. The van der Waals surface area contributed by atoms with E-state index in [0.717, 1.165) is 37.7 Å². The second kappa shape index (κ2) is 13.8. The Balaban J connectivity index is 1.64. The van der Waals surface area contributed by atoms with Crippen molar-refractivity contribution in [2.45, 2.75) is 56.9 Å². The average molecular weight is 634 g/mol. The van der Waals surface area contributed by atoms with Crippen molar-refractivity contribution < 1.29 is 35.9 Å². The lowest BCUT2D eigenvalue weighted by molar-refractivity contribution is -0.143. The van der Waals surface area contributed by atoms with Gasteiger partial charge in [0.2, 0.25) is 5.96 Å². The van der Waals surface area contributed by atoms with Crippen LogP contribution in [0.4, 0.5) is 42.5 Å². The number of nitrogens with two attached hydrogens (primary N) is 1. The third-order valence-electron chi connectivity index (χ3n) is 7.32. The van der Waals surface area contributed by atoms with Gasteiger partial charge in [-0.1, -0.05) is 48.6 Å². The van der Waals surface area contributed by atoms with Crippen LogP contribution in [-0.2, 0) is 18.9 Å². The number of nitrogens with zero attached hydrogens (tertiary/aromatic N) is 3. The van der Waals surface area contributed by atoms with Crippen LogP contribution in [0, 0.1) is 5.53 Å². The van der Waals surface area contributed by atoms with Crippen LogP contribution in [0.15, 0.2) is 77.1 Å². The number of benzene rings is 3. The maximum absolute atomic E-state index is 13.5. The lowest BCUT2D eigenvalue weighted by atomic mass is 9.84. The van der Waals surface area contributed by atoms with E-state index in [2.05, 4.69) is 21.0 Å². The van der Waals surface area contributed by atoms with Gasteiger partial charge in [0.1, 0.15) is 0 Å². The molecule has 1 aliphatic carbocycles. The first-order valence-electron chi connectivity index (χ1n) is 13.8. The molecule has 3 aromatic carbocycles. The number of rotatable bonds is 7. The first-order valence-corrected chi connectivity index (χ1v) is 13.8. The Labute approximate surface area is 254 Å². The molecule has 0 bridgehead atoms. The SMILES string of the molecule is N=N/N=C(\N)NC(=O)c1ccc(CN(C(=O)Nc2cc(C(F)(F)F)cc(C(F)(F)F)c2)c2ccc(C3CCCCC3)cc2)cc1. The van der Waals surface area contributed by atoms with Crippen molar-refractivity contribution in [2.75, 3.05) is 10.2 Å². The van der Waals surface area contributed by atoms with Crippen molar-refractivity contribution in [3.8, 4) is 0 Å². The van der Waals surface area contributed by atoms with Crippen LogP contribution in [0.5, 0.6) is 0 Å². The molecule has 1 saturated carbocycles. The van der Waals surface area contributed by atoms with Crippen LogP contribution < -0.4 is 21.3 Å². The molecule has 0 aromatic heterocycles. The Morgan fingerprint density at radius 2 is 1.44 bits per heavy atom. The number of guanidine groups is 1. The molecule has 238 valence electrons. The Hall–Kier alpha value is -4.95. The van der Waals surface area contributed by atoms with E-state index in [0.29, 0.717) is 29.3 Å². The molecule has 0 spiro atoms. The number of hydrogen-bond donors (Lipinski definition) is 4. The van der Waals surface area contributed by atoms with Crippen molar-refractivity contribution >= 4 is 29.3 Å². The molecule has 0 saturated heterocycles. The third-order valence-corrected chi connectivity index (χ3v) is 7.32. The van der Waals surface area contributed by atoms with Crippen molar-refractivity contribution in [3.05, 3.63) is 94.5 Å². The molecule has 45 heavy (non-hydrogen) atoms. The summed E-state index contributed by atoms with van der Waals surface area (Å²) in [7, 11) is 0. The van der Waals surface area contributed by atoms with Crippen molar-refractivity contribution in [1.29, 1.82) is 5.53 Å². The van der Waals surface area contributed by atoms with Gasteiger partial charge in [0.25, 0.3) is 5.91 Å². The van der Waals surface area contributed by atoms with E-state index in [1.165, 1.54) is 29.2 Å². The van der Waals surface area contributed by atoms with Gasteiger partial charge in [-0.05, 0) is 77.6 Å². The fourth-order valence-electron chi connectivity index (χ4n) is 5.07. The first-order chi connectivity index (χ1) is 21.2. The molecule has 5 N–H and O–H groups in total. The number of urea groups is 1. The Morgan fingerprint density at radius 1 is 0.867 bits per heavy atom. The van der Waals surface area contributed by atoms with Gasteiger partial charge in [-0.3, -0.25) is 15.0 Å². The molecule has 1 fully saturated rings. The number of carbonyl (C=O) groups is 2. The quantitative estimate of drug-likeness (QED) is 0.0690. The van der Waals surface area contributed by atoms with Gasteiger partial charge in [-0.25, -0.2) is 4.79 Å². The maximum Gasteiger partial charge on any atom is 0.416 e. The smallest absolute Gasteiger partial charge is 0.368 e. The van der Waals surface area contributed by atoms with Gasteiger partial charge in [0.05, 0.1) is 17.7 Å². The van der Waals surface area contributed by atoms with Crippen LogP contribution >= 0.6 is 0 Å². The summed E-state index contributed by atoms with van der Waals surface area (Å²) in [5.74, 6) is -0.695. The number of halogens is 6. The van der Waals surface area contributed by atoms with E-state index >= 15 is 0 Å². The summed E-state index contributed by atoms with van der Waals surface area (Å²) in [6, 6.07) is 12.8. The average Bonchev–Trinajstić information content (AvgIpc) is 2.99. The third kappa shape index (κ3) is 8.80. The minimum atomic E-state index is -5.09. The van der Waals surface area contributed by atoms with Gasteiger partial charge in [-0.15, -0.1) is 0 Å². The Kier molecular flexibility index (Phi) is 10.1. The molecular formula is C30H29F6N7O2. The van der Waals surface area contributed by atoms with E-state index in [4.69, 9.17) is 11.3 Å². The highest BCUT2D eigenvalue weighted by Gasteiger charge is 2.37. The van der Waals surface area contributed by atoms with Gasteiger partial charge >= 0.3 is 18.4 Å². The number of amides is 3. The number of anilines is 2. The molecule has 0 heterocycles. The summed E-state index contributed by atoms with van der Waals surface area (Å²) in [4.78, 5) is 27.0. The molecule has 3 aromatic rings. The number of carbonyl (C=O) groups excluding carboxylic acids is 2. The van der Waals surface area contributed by atoms with Gasteiger partial charge < -0.3 is 11.1 Å². The predicted octanol–water partition coefficient (Wildman–Crippen LogP) is 8.00. The normalized spacial score (nSPS) is 14.5. The van der Waals surface area contributed by atoms with Crippen LogP contribution in [0.25, 0.3) is 0 Å². The zero-order valence-electron chi connectivity index (χ0n) is 23.7. The number of hydrogen-bond acceptors (Lipinski definition) is 4. The topological polar surface area (TPSA) is 136 Å². The zero-order valence-corrected chi connectivity index (χ0v) is 23.7. The largest absolute Gasteiger partial charge is 0.416 e. The molecule has 0 radical (unpaired) electrons. The van der Waals surface area contributed by atoms with E-state index in [1.807, 2.05) is 12.1 Å². The first kappa shape index (κ1) is 33.0. The molecule has 4 rings (SSSR count). The molecule has 9 nitrogen and oxygen atoms in total. The lowest BCUT2D eigenvalue weighted by Gasteiger charge is -2.26. The van der Waals surface area contributed by atoms with E-state index in [1.54, 1.807) is 12.1 Å². The van der Waals surface area contributed by atoms with E-state index in [-0.39, 0.29) is 18.2 Å². The van der Waals surface area contributed by atoms with Gasteiger partial charge in [0, 0.05) is 16.9 Å².